The maximum atomic E-state index is 11.8. The van der Waals surface area contributed by atoms with Gasteiger partial charge in [-0.1, -0.05) is 31.2 Å². The summed E-state index contributed by atoms with van der Waals surface area (Å²) in [5.74, 6) is 0.147. The second-order valence-electron chi connectivity index (χ2n) is 6.56. The van der Waals surface area contributed by atoms with Crippen molar-refractivity contribution in [2.45, 2.75) is 19.9 Å². The molecule has 0 saturated carbocycles. The monoisotopic (exact) mass is 405 g/mol. The second kappa shape index (κ2) is 8.16. The van der Waals surface area contributed by atoms with Crippen LogP contribution in [0.3, 0.4) is 0 Å². The fourth-order valence-electron chi connectivity index (χ4n) is 3.10. The van der Waals surface area contributed by atoms with Crippen LogP contribution in [-0.4, -0.2) is 38.9 Å². The van der Waals surface area contributed by atoms with Crippen molar-refractivity contribution in [1.82, 2.24) is 19.9 Å². The van der Waals surface area contributed by atoms with Gasteiger partial charge in [-0.25, -0.2) is 14.4 Å². The quantitative estimate of drug-likeness (QED) is 0.490. The molecule has 4 aromatic rings. The first-order valence-corrected chi connectivity index (χ1v) is 9.36. The molecule has 0 spiro atoms. The van der Waals surface area contributed by atoms with Crippen molar-refractivity contribution in [2.24, 2.45) is 0 Å². The number of carbonyl (C=O) groups excluding carboxylic acids is 2. The molecule has 30 heavy (non-hydrogen) atoms. The van der Waals surface area contributed by atoms with Crippen LogP contribution in [0.25, 0.3) is 22.6 Å². The number of carbonyl (C=O) groups is 2. The minimum absolute atomic E-state index is 0.201. The summed E-state index contributed by atoms with van der Waals surface area (Å²) in [5, 5.41) is 10.5. The van der Waals surface area contributed by atoms with E-state index in [1.54, 1.807) is 19.1 Å². The van der Waals surface area contributed by atoms with Crippen LogP contribution >= 0.6 is 0 Å². The van der Waals surface area contributed by atoms with E-state index >= 15 is 0 Å². The molecule has 1 N–H and O–H groups in total. The predicted octanol–water partition coefficient (Wildman–Crippen LogP) is 3.27. The Kier molecular flexibility index (Phi) is 5.25. The molecule has 0 aliphatic rings. The molecular formula is C21H19N5O4. The van der Waals surface area contributed by atoms with E-state index in [9.17, 15) is 9.59 Å². The summed E-state index contributed by atoms with van der Waals surface area (Å²) >= 11 is 0. The number of aromatic nitrogens is 4. The van der Waals surface area contributed by atoms with Crippen LogP contribution < -0.4 is 5.32 Å². The number of rotatable bonds is 6. The molecule has 9 heteroatoms. The van der Waals surface area contributed by atoms with Crippen LogP contribution in [0.2, 0.25) is 0 Å². The molecule has 0 atom stereocenters. The van der Waals surface area contributed by atoms with E-state index in [2.05, 4.69) is 20.6 Å². The average Bonchev–Trinajstić information content (AvgIpc) is 3.38. The van der Waals surface area contributed by atoms with Gasteiger partial charge in [-0.3, -0.25) is 4.79 Å². The molecule has 4 rings (SSSR count). The van der Waals surface area contributed by atoms with Crippen LogP contribution in [0.5, 0.6) is 0 Å². The normalized spacial score (nSPS) is 10.9. The third-order valence-corrected chi connectivity index (χ3v) is 4.65. The molecule has 0 radical (unpaired) electrons. The van der Waals surface area contributed by atoms with Crippen LogP contribution in [0.4, 0.5) is 5.82 Å². The molecule has 0 aliphatic carbocycles. The molecule has 152 valence electrons. The summed E-state index contributed by atoms with van der Waals surface area (Å²) in [6.45, 7) is 2.21. The number of fused-ring (bicyclic) bond motifs is 1. The number of nitrogens with one attached hydrogen (secondary N) is 1. The lowest BCUT2D eigenvalue weighted by atomic mass is 10.1. The largest absolute Gasteiger partial charge is 0.465 e. The molecule has 0 bridgehead atoms. The second-order valence-corrected chi connectivity index (χ2v) is 6.56. The van der Waals surface area contributed by atoms with Crippen molar-refractivity contribution in [3.8, 4) is 11.5 Å². The number of esters is 1. The third kappa shape index (κ3) is 3.64. The number of para-hydroxylation sites is 2. The van der Waals surface area contributed by atoms with Gasteiger partial charge >= 0.3 is 5.97 Å². The third-order valence-electron chi connectivity index (χ3n) is 4.65. The minimum Gasteiger partial charge on any atom is -0.465 e. The lowest BCUT2D eigenvalue weighted by Gasteiger charge is -2.09. The van der Waals surface area contributed by atoms with E-state index in [1.807, 2.05) is 41.0 Å². The number of hydrogen-bond acceptors (Lipinski definition) is 7. The highest BCUT2D eigenvalue weighted by molar-refractivity contribution is 5.93. The number of imidazole rings is 1. The Morgan fingerprint density at radius 2 is 1.87 bits per heavy atom. The summed E-state index contributed by atoms with van der Waals surface area (Å²) in [5.41, 5.74) is 3.43. The van der Waals surface area contributed by atoms with Gasteiger partial charge in [-0.05, 0) is 40.1 Å². The van der Waals surface area contributed by atoms with Gasteiger partial charge in [0.2, 0.25) is 11.7 Å². The first-order valence-electron chi connectivity index (χ1n) is 9.36. The highest BCUT2D eigenvalue weighted by atomic mass is 16.6. The van der Waals surface area contributed by atoms with Gasteiger partial charge in [0.1, 0.15) is 0 Å². The van der Waals surface area contributed by atoms with Gasteiger partial charge in [0.15, 0.2) is 11.5 Å². The minimum atomic E-state index is -0.389. The highest BCUT2D eigenvalue weighted by Gasteiger charge is 2.22. The van der Waals surface area contributed by atoms with Crippen LogP contribution in [0, 0.1) is 0 Å². The Morgan fingerprint density at radius 1 is 1.10 bits per heavy atom. The molecule has 2 aromatic carbocycles. The number of benzene rings is 2. The van der Waals surface area contributed by atoms with Gasteiger partial charge in [0.25, 0.3) is 0 Å². The number of nitrogens with zero attached hydrogens (tertiary/aromatic N) is 4. The Morgan fingerprint density at radius 3 is 2.60 bits per heavy atom. The summed E-state index contributed by atoms with van der Waals surface area (Å²) in [6.07, 6.45) is 0.301. The molecule has 0 unspecified atom stereocenters. The molecule has 0 saturated heterocycles. The predicted molar refractivity (Wildman–Crippen MR) is 109 cm³/mol. The Labute approximate surface area is 171 Å². The average molecular weight is 405 g/mol. The first kappa shape index (κ1) is 19.3. The fourth-order valence-corrected chi connectivity index (χ4v) is 3.10. The van der Waals surface area contributed by atoms with Crippen molar-refractivity contribution in [3.05, 3.63) is 59.7 Å². The maximum Gasteiger partial charge on any atom is 0.337 e. The molecular weight excluding hydrogens is 386 g/mol. The number of hydrogen-bond donors (Lipinski definition) is 1. The van der Waals surface area contributed by atoms with Crippen molar-refractivity contribution in [2.75, 3.05) is 12.4 Å². The van der Waals surface area contributed by atoms with Crippen LogP contribution in [0.15, 0.2) is 53.2 Å². The summed E-state index contributed by atoms with van der Waals surface area (Å²) in [4.78, 5) is 28.2. The van der Waals surface area contributed by atoms with E-state index in [0.717, 1.165) is 16.6 Å². The standard InChI is InChI=1S/C21H19N5O4/c1-3-17(27)23-19-18(24-30-25-19)20-22-15-6-4-5-7-16(15)26(20)12-13-8-10-14(11-9-13)21(28)29-2/h4-11H,3,12H2,1-2H3,(H,23,25,27). The molecule has 0 fully saturated rings. The fraction of sp³-hybridized carbons (Fsp3) is 0.190. The van der Waals surface area contributed by atoms with E-state index in [-0.39, 0.29) is 17.7 Å². The van der Waals surface area contributed by atoms with Crippen molar-refractivity contribution >= 4 is 28.7 Å². The smallest absolute Gasteiger partial charge is 0.337 e. The summed E-state index contributed by atoms with van der Waals surface area (Å²) < 4.78 is 11.6. The number of methoxy groups -OCH3 is 1. The van der Waals surface area contributed by atoms with Gasteiger partial charge in [0, 0.05) is 13.0 Å². The molecule has 2 heterocycles. The maximum absolute atomic E-state index is 11.8. The Bertz CT molecular complexity index is 1210. The zero-order valence-corrected chi connectivity index (χ0v) is 16.5. The van der Waals surface area contributed by atoms with Gasteiger partial charge in [-0.15, -0.1) is 0 Å². The van der Waals surface area contributed by atoms with Crippen molar-refractivity contribution in [3.63, 3.8) is 0 Å². The zero-order valence-electron chi connectivity index (χ0n) is 16.5. The Hall–Kier alpha value is -4.01. The lowest BCUT2D eigenvalue weighted by molar-refractivity contribution is -0.115. The molecule has 2 aromatic heterocycles. The SMILES string of the molecule is CCC(=O)Nc1nonc1-c1nc2ccccc2n1Cc1ccc(C(=O)OC)cc1. The Balaban J connectivity index is 1.76. The zero-order chi connectivity index (χ0) is 21.1. The van der Waals surface area contributed by atoms with Crippen molar-refractivity contribution in [1.29, 1.82) is 0 Å². The van der Waals surface area contributed by atoms with Gasteiger partial charge < -0.3 is 14.6 Å². The van der Waals surface area contributed by atoms with E-state index < -0.39 is 0 Å². The van der Waals surface area contributed by atoms with Gasteiger partial charge in [0.05, 0.1) is 23.7 Å². The van der Waals surface area contributed by atoms with E-state index in [0.29, 0.717) is 30.0 Å². The number of amides is 1. The summed E-state index contributed by atoms with van der Waals surface area (Å²) in [7, 11) is 1.35. The van der Waals surface area contributed by atoms with Crippen LogP contribution in [0.1, 0.15) is 29.3 Å². The molecule has 1 amide bonds. The van der Waals surface area contributed by atoms with Gasteiger partial charge in [-0.2, -0.15) is 0 Å². The highest BCUT2D eigenvalue weighted by Crippen LogP contribution is 2.29. The van der Waals surface area contributed by atoms with Crippen LogP contribution in [-0.2, 0) is 16.1 Å². The van der Waals surface area contributed by atoms with E-state index in [4.69, 9.17) is 9.37 Å². The topological polar surface area (TPSA) is 112 Å². The molecule has 0 aliphatic heterocycles. The number of ether oxygens (including phenoxy) is 1. The van der Waals surface area contributed by atoms with Crippen molar-refractivity contribution < 1.29 is 19.0 Å². The summed E-state index contributed by atoms with van der Waals surface area (Å²) in [6, 6.07) is 14.8. The molecule has 9 nitrogen and oxygen atoms in total. The van der Waals surface area contributed by atoms with E-state index in [1.165, 1.54) is 7.11 Å². The number of anilines is 1. The first-order chi connectivity index (χ1) is 14.6. The lowest BCUT2D eigenvalue weighted by Crippen LogP contribution is -2.11.